The molecule has 1 atom stereocenters. The van der Waals surface area contributed by atoms with Gasteiger partial charge in [0.05, 0.1) is 0 Å². The number of rotatable bonds is 5. The first-order chi connectivity index (χ1) is 7.09. The topological polar surface area (TPSA) is 32.6 Å². The second-order valence-electron chi connectivity index (χ2n) is 5.97. The molecule has 16 heavy (non-hydrogen) atoms. The Bertz CT molecular complexity index is 253. The minimum Gasteiger partial charge on any atom is -0.383 e. The van der Waals surface area contributed by atoms with E-state index in [2.05, 4.69) is 39.6 Å². The lowest BCUT2D eigenvalue weighted by atomic mass is 9.65. The molecule has 96 valence electrons. The molecule has 2 nitrogen and oxygen atoms in total. The number of aliphatic hydroxyl groups is 1. The van der Waals surface area contributed by atoms with Gasteiger partial charge in [0.25, 0.3) is 0 Å². The van der Waals surface area contributed by atoms with Crippen LogP contribution >= 0.6 is 0 Å². The van der Waals surface area contributed by atoms with Crippen molar-refractivity contribution in [2.45, 2.75) is 73.5 Å². The number of nitrogens with zero attached hydrogens (tertiary/aromatic N) is 1. The molecule has 0 bridgehead atoms. The third-order valence-corrected chi connectivity index (χ3v) is 3.75. The van der Waals surface area contributed by atoms with Crippen molar-refractivity contribution in [1.82, 2.24) is 0 Å². The van der Waals surface area contributed by atoms with Gasteiger partial charge in [-0.3, -0.25) is 4.99 Å². The van der Waals surface area contributed by atoms with Crippen LogP contribution in [0.15, 0.2) is 4.99 Å². The fraction of sp³-hybridized carbons (Fsp3) is 0.929. The third-order valence-electron chi connectivity index (χ3n) is 3.75. The van der Waals surface area contributed by atoms with Crippen LogP contribution in [0.1, 0.15) is 61.8 Å². The molecule has 0 aromatic carbocycles. The molecule has 0 aromatic heterocycles. The van der Waals surface area contributed by atoms with E-state index in [1.54, 1.807) is 0 Å². The summed E-state index contributed by atoms with van der Waals surface area (Å²) >= 11 is 0. The maximum Gasteiger partial charge on any atom is 0.109 e. The Balaban J connectivity index is 5.45. The van der Waals surface area contributed by atoms with Crippen LogP contribution in [0.2, 0.25) is 0 Å². The Hall–Kier alpha value is -0.370. The smallest absolute Gasteiger partial charge is 0.109 e. The van der Waals surface area contributed by atoms with Crippen LogP contribution in [-0.2, 0) is 0 Å². The van der Waals surface area contributed by atoms with E-state index >= 15 is 0 Å². The van der Waals surface area contributed by atoms with Crippen LogP contribution in [0.25, 0.3) is 0 Å². The van der Waals surface area contributed by atoms with E-state index in [9.17, 15) is 5.11 Å². The van der Waals surface area contributed by atoms with E-state index < -0.39 is 5.60 Å². The SMILES string of the molecule is CCC(C)(C)C(O)(C(C)=NC(C)C)C(C)C. The maximum atomic E-state index is 11.0. The zero-order valence-electron chi connectivity index (χ0n) is 12.3. The Kier molecular flexibility index (Phi) is 5.18. The highest BCUT2D eigenvalue weighted by molar-refractivity contribution is 5.91. The van der Waals surface area contributed by atoms with E-state index in [1.165, 1.54) is 0 Å². The molecule has 0 aromatic rings. The highest BCUT2D eigenvalue weighted by Crippen LogP contribution is 2.40. The van der Waals surface area contributed by atoms with Gasteiger partial charge >= 0.3 is 0 Å². The van der Waals surface area contributed by atoms with Crippen LogP contribution in [0, 0.1) is 11.3 Å². The standard InChI is InChI=1S/C14H29NO/c1-9-13(7,8)14(16,10(2)3)12(6)15-11(4)5/h10-11,16H,9H2,1-8H3. The summed E-state index contributed by atoms with van der Waals surface area (Å²) in [6, 6.07) is 0.234. The van der Waals surface area contributed by atoms with Crippen molar-refractivity contribution in [2.75, 3.05) is 0 Å². The zero-order chi connectivity index (χ0) is 13.1. The number of hydrogen-bond donors (Lipinski definition) is 1. The molecule has 0 radical (unpaired) electrons. The maximum absolute atomic E-state index is 11.0. The van der Waals surface area contributed by atoms with Gasteiger partial charge in [-0.05, 0) is 38.5 Å². The van der Waals surface area contributed by atoms with E-state index in [-0.39, 0.29) is 17.4 Å². The molecule has 0 heterocycles. The summed E-state index contributed by atoms with van der Waals surface area (Å²) in [5.74, 6) is 0.171. The number of hydrogen-bond acceptors (Lipinski definition) is 2. The normalized spacial score (nSPS) is 18.1. The quantitative estimate of drug-likeness (QED) is 0.714. The molecule has 1 unspecified atom stereocenters. The van der Waals surface area contributed by atoms with E-state index in [1.807, 2.05) is 20.8 Å². The van der Waals surface area contributed by atoms with Crippen molar-refractivity contribution >= 4 is 5.71 Å². The lowest BCUT2D eigenvalue weighted by Gasteiger charge is -2.45. The largest absolute Gasteiger partial charge is 0.383 e. The van der Waals surface area contributed by atoms with Crippen LogP contribution < -0.4 is 0 Å². The molecule has 0 amide bonds. The summed E-state index contributed by atoms with van der Waals surface area (Å²) in [7, 11) is 0. The van der Waals surface area contributed by atoms with Crippen molar-refractivity contribution < 1.29 is 5.11 Å². The Labute approximate surface area is 101 Å². The first kappa shape index (κ1) is 15.6. The van der Waals surface area contributed by atoms with Crippen LogP contribution in [-0.4, -0.2) is 22.5 Å². The monoisotopic (exact) mass is 227 g/mol. The highest BCUT2D eigenvalue weighted by atomic mass is 16.3. The molecule has 0 aliphatic heterocycles. The Morgan fingerprint density at radius 2 is 1.62 bits per heavy atom. The molecule has 0 fully saturated rings. The van der Waals surface area contributed by atoms with Gasteiger partial charge in [-0.2, -0.15) is 0 Å². The third kappa shape index (κ3) is 2.85. The van der Waals surface area contributed by atoms with Gasteiger partial charge in [0, 0.05) is 11.8 Å². The van der Waals surface area contributed by atoms with Gasteiger partial charge in [-0.15, -0.1) is 0 Å². The number of aliphatic imine (C=N–C) groups is 1. The molecule has 0 rings (SSSR count). The average molecular weight is 227 g/mol. The Morgan fingerprint density at radius 1 is 1.19 bits per heavy atom. The summed E-state index contributed by atoms with van der Waals surface area (Å²) in [4.78, 5) is 4.55. The fourth-order valence-electron chi connectivity index (χ4n) is 2.44. The second kappa shape index (κ2) is 5.31. The summed E-state index contributed by atoms with van der Waals surface area (Å²) in [5.41, 5.74) is -0.0975. The summed E-state index contributed by atoms with van der Waals surface area (Å²) in [6.07, 6.45) is 0.937. The predicted molar refractivity (Wildman–Crippen MR) is 72.1 cm³/mol. The predicted octanol–water partition coefficient (Wildman–Crippen LogP) is 3.68. The average Bonchev–Trinajstić information content (AvgIpc) is 2.14. The van der Waals surface area contributed by atoms with Gasteiger partial charge in [-0.1, -0.05) is 34.6 Å². The second-order valence-corrected chi connectivity index (χ2v) is 5.97. The van der Waals surface area contributed by atoms with Crippen molar-refractivity contribution in [2.24, 2.45) is 16.3 Å². The molecular formula is C14H29NO. The summed E-state index contributed by atoms with van der Waals surface area (Å²) < 4.78 is 0. The first-order valence-electron chi connectivity index (χ1n) is 6.36. The molecule has 0 saturated carbocycles. The van der Waals surface area contributed by atoms with Crippen molar-refractivity contribution in [3.63, 3.8) is 0 Å². The molecule has 0 spiro atoms. The highest BCUT2D eigenvalue weighted by Gasteiger charge is 2.47. The van der Waals surface area contributed by atoms with Gasteiger partial charge in [0.2, 0.25) is 0 Å². The van der Waals surface area contributed by atoms with E-state index in [0.29, 0.717) is 0 Å². The van der Waals surface area contributed by atoms with Gasteiger partial charge in [0.1, 0.15) is 5.60 Å². The molecule has 0 aliphatic carbocycles. The molecule has 0 aliphatic rings. The lowest BCUT2D eigenvalue weighted by Crippen LogP contribution is -2.54. The van der Waals surface area contributed by atoms with Gasteiger partial charge in [-0.25, -0.2) is 0 Å². The minimum atomic E-state index is -0.813. The van der Waals surface area contributed by atoms with Crippen LogP contribution in [0.4, 0.5) is 0 Å². The van der Waals surface area contributed by atoms with E-state index in [0.717, 1.165) is 12.1 Å². The molecule has 0 saturated heterocycles. The lowest BCUT2D eigenvalue weighted by molar-refractivity contribution is -0.0455. The minimum absolute atomic E-state index is 0.149. The van der Waals surface area contributed by atoms with Crippen molar-refractivity contribution in [3.8, 4) is 0 Å². The van der Waals surface area contributed by atoms with Gasteiger partial charge < -0.3 is 5.11 Å². The summed E-state index contributed by atoms with van der Waals surface area (Å²) in [6.45, 7) is 16.5. The first-order valence-corrected chi connectivity index (χ1v) is 6.36. The van der Waals surface area contributed by atoms with Crippen molar-refractivity contribution in [3.05, 3.63) is 0 Å². The zero-order valence-corrected chi connectivity index (χ0v) is 12.3. The molecular weight excluding hydrogens is 198 g/mol. The van der Waals surface area contributed by atoms with E-state index in [4.69, 9.17) is 0 Å². The summed E-state index contributed by atoms with van der Waals surface area (Å²) in [5, 5.41) is 11.0. The molecule has 2 heteroatoms. The molecule has 1 N–H and O–H groups in total. The fourth-order valence-corrected chi connectivity index (χ4v) is 2.44. The van der Waals surface area contributed by atoms with Crippen molar-refractivity contribution in [1.29, 1.82) is 0 Å². The van der Waals surface area contributed by atoms with Crippen LogP contribution in [0.5, 0.6) is 0 Å². The van der Waals surface area contributed by atoms with Gasteiger partial charge in [0.15, 0.2) is 0 Å². The van der Waals surface area contributed by atoms with Crippen LogP contribution in [0.3, 0.4) is 0 Å². The Morgan fingerprint density at radius 3 is 1.88 bits per heavy atom.